The normalized spacial score (nSPS) is 18.9. The number of methoxy groups -OCH3 is 1. The molecule has 2 aliphatic rings. The van der Waals surface area contributed by atoms with Crippen molar-refractivity contribution < 1.29 is 14.3 Å². The molecule has 0 fully saturated rings. The van der Waals surface area contributed by atoms with Gasteiger partial charge >= 0.3 is 0 Å². The molecule has 1 aromatic heterocycles. The van der Waals surface area contributed by atoms with Crippen LogP contribution in [0.1, 0.15) is 45.4 Å². The molecule has 2 amide bonds. The molecule has 0 radical (unpaired) electrons. The zero-order chi connectivity index (χ0) is 23.6. The number of ether oxygens (including phenoxy) is 1. The molecule has 1 aromatic rings. The first kappa shape index (κ1) is 24.5. The number of nitrogens with zero attached hydrogens (tertiary/aromatic N) is 3. The summed E-state index contributed by atoms with van der Waals surface area (Å²) in [6.07, 6.45) is 14.1. The molecular formula is C25H33N5O3. The largest absolute Gasteiger partial charge is 0.385 e. The number of anilines is 1. The first-order valence-electron chi connectivity index (χ1n) is 11.7. The third-order valence-corrected chi connectivity index (χ3v) is 5.90. The molecular weight excluding hydrogens is 418 g/mol. The molecule has 8 heteroatoms. The Labute approximate surface area is 194 Å². The van der Waals surface area contributed by atoms with E-state index in [1.54, 1.807) is 25.3 Å². The molecule has 33 heavy (non-hydrogen) atoms. The minimum Gasteiger partial charge on any atom is -0.385 e. The maximum Gasteiger partial charge on any atom is 0.233 e. The highest BCUT2D eigenvalue weighted by molar-refractivity contribution is 5.93. The Morgan fingerprint density at radius 1 is 1.27 bits per heavy atom. The van der Waals surface area contributed by atoms with E-state index in [2.05, 4.69) is 28.6 Å². The van der Waals surface area contributed by atoms with E-state index >= 15 is 0 Å². The number of nitrogens with one attached hydrogen (secondary N) is 2. The second-order valence-corrected chi connectivity index (χ2v) is 8.40. The van der Waals surface area contributed by atoms with Crippen molar-refractivity contribution in [1.82, 2.24) is 14.9 Å². The minimum atomic E-state index is -0.416. The van der Waals surface area contributed by atoms with Gasteiger partial charge in [0.15, 0.2) is 0 Å². The van der Waals surface area contributed by atoms with Crippen LogP contribution >= 0.6 is 0 Å². The van der Waals surface area contributed by atoms with Crippen LogP contribution in [0.15, 0.2) is 23.8 Å². The molecule has 2 atom stereocenters. The van der Waals surface area contributed by atoms with Gasteiger partial charge in [-0.1, -0.05) is 38.0 Å². The highest BCUT2D eigenvalue weighted by atomic mass is 16.5. The standard InChI is InChI=1S/C25H33N5O3/c1-3-4-5-12-27-23(31)20-10-11-22-21(16-20)28-25(30(22)13-7-14-33-2)29-24(32)19-9-6-8-18(15-19)17-26/h6,8-9,11,16,19-20H,3-5,7,10,12-15H2,1-2H3,(H,27,31)(H,28,29,32). The Morgan fingerprint density at radius 2 is 2.12 bits per heavy atom. The van der Waals surface area contributed by atoms with Crippen molar-refractivity contribution in [2.24, 2.45) is 11.8 Å². The molecule has 0 aliphatic heterocycles. The summed E-state index contributed by atoms with van der Waals surface area (Å²) in [6.45, 7) is 4.04. The van der Waals surface area contributed by atoms with Crippen LogP contribution in [0.5, 0.6) is 0 Å². The number of rotatable bonds is 11. The Balaban J connectivity index is 1.79. The van der Waals surface area contributed by atoms with Crippen LogP contribution in [-0.4, -0.2) is 41.6 Å². The number of carbonyl (C=O) groups excluding carboxylic acids is 2. The molecule has 3 rings (SSSR count). The van der Waals surface area contributed by atoms with E-state index in [-0.39, 0.29) is 17.7 Å². The van der Waals surface area contributed by atoms with Crippen molar-refractivity contribution in [3.8, 4) is 6.07 Å². The van der Waals surface area contributed by atoms with Crippen molar-refractivity contribution in [2.75, 3.05) is 25.6 Å². The lowest BCUT2D eigenvalue weighted by Crippen LogP contribution is -2.38. The van der Waals surface area contributed by atoms with Gasteiger partial charge in [-0.25, -0.2) is 4.98 Å². The van der Waals surface area contributed by atoms with Crippen molar-refractivity contribution in [3.05, 3.63) is 34.5 Å². The molecule has 176 valence electrons. The molecule has 0 aromatic carbocycles. The average molecular weight is 452 g/mol. The van der Waals surface area contributed by atoms with E-state index in [0.29, 0.717) is 49.4 Å². The Bertz CT molecular complexity index is 1080. The number of hydrogen-bond acceptors (Lipinski definition) is 5. The third kappa shape index (κ3) is 6.42. The summed E-state index contributed by atoms with van der Waals surface area (Å²) in [5.41, 5.74) is 0.579. The second kappa shape index (κ2) is 12.2. The smallest absolute Gasteiger partial charge is 0.233 e. The molecule has 0 spiro atoms. The highest BCUT2D eigenvalue weighted by Gasteiger charge is 2.23. The number of carbonyl (C=O) groups is 2. The van der Waals surface area contributed by atoms with Crippen LogP contribution in [-0.2, 0) is 20.9 Å². The van der Waals surface area contributed by atoms with Gasteiger partial charge in [-0.05, 0) is 37.8 Å². The Hall–Kier alpha value is -3.18. The molecule has 0 bridgehead atoms. The van der Waals surface area contributed by atoms with Gasteiger partial charge in [-0.15, -0.1) is 0 Å². The van der Waals surface area contributed by atoms with Crippen LogP contribution in [0.2, 0.25) is 0 Å². The van der Waals surface area contributed by atoms with E-state index < -0.39 is 5.92 Å². The van der Waals surface area contributed by atoms with Crippen molar-refractivity contribution in [2.45, 2.75) is 52.0 Å². The molecule has 1 heterocycles. The number of fused-ring (bicyclic) bond motifs is 1. The van der Waals surface area contributed by atoms with Crippen LogP contribution in [0, 0.1) is 23.2 Å². The summed E-state index contributed by atoms with van der Waals surface area (Å²) in [7, 11) is 1.66. The molecule has 0 saturated heterocycles. The SMILES string of the molecule is CCCCCNC(=O)C1C=c2nc(NC(=O)C3C=CC=C(C#N)C3)n(CCCOC)c2=CC1. The maximum absolute atomic E-state index is 12.9. The Morgan fingerprint density at radius 3 is 2.88 bits per heavy atom. The fraction of sp³-hybridized carbons (Fsp3) is 0.520. The molecule has 2 aliphatic carbocycles. The van der Waals surface area contributed by atoms with Gasteiger partial charge in [-0.3, -0.25) is 14.9 Å². The summed E-state index contributed by atoms with van der Waals surface area (Å²) >= 11 is 0. The minimum absolute atomic E-state index is 0.00989. The number of imidazole rings is 1. The van der Waals surface area contributed by atoms with Crippen molar-refractivity contribution in [1.29, 1.82) is 5.26 Å². The van der Waals surface area contributed by atoms with Gasteiger partial charge in [0, 0.05) is 32.4 Å². The van der Waals surface area contributed by atoms with Crippen LogP contribution in [0.4, 0.5) is 5.95 Å². The number of unbranched alkanes of at least 4 members (excludes halogenated alkanes) is 2. The number of nitriles is 1. The number of hydrogen-bond donors (Lipinski definition) is 2. The van der Waals surface area contributed by atoms with E-state index in [1.807, 2.05) is 16.7 Å². The molecule has 2 unspecified atom stereocenters. The lowest BCUT2D eigenvalue weighted by molar-refractivity contribution is -0.123. The van der Waals surface area contributed by atoms with E-state index in [4.69, 9.17) is 10.00 Å². The average Bonchev–Trinajstić information content (AvgIpc) is 3.18. The topological polar surface area (TPSA) is 109 Å². The van der Waals surface area contributed by atoms with Gasteiger partial charge in [0.25, 0.3) is 0 Å². The van der Waals surface area contributed by atoms with Gasteiger partial charge < -0.3 is 14.6 Å². The second-order valence-electron chi connectivity index (χ2n) is 8.40. The molecule has 0 saturated carbocycles. The van der Waals surface area contributed by atoms with Crippen LogP contribution in [0.3, 0.4) is 0 Å². The number of amides is 2. The zero-order valence-electron chi connectivity index (χ0n) is 19.5. The van der Waals surface area contributed by atoms with E-state index in [1.165, 1.54) is 0 Å². The summed E-state index contributed by atoms with van der Waals surface area (Å²) in [5.74, 6) is -0.419. The quantitative estimate of drug-likeness (QED) is 0.499. The van der Waals surface area contributed by atoms with Crippen molar-refractivity contribution in [3.63, 3.8) is 0 Å². The fourth-order valence-electron chi connectivity index (χ4n) is 4.05. The van der Waals surface area contributed by atoms with Gasteiger partial charge in [-0.2, -0.15) is 5.26 Å². The lowest BCUT2D eigenvalue weighted by Gasteiger charge is -2.16. The number of allylic oxidation sites excluding steroid dienone is 3. The predicted molar refractivity (Wildman–Crippen MR) is 127 cm³/mol. The van der Waals surface area contributed by atoms with E-state index in [9.17, 15) is 9.59 Å². The molecule has 8 nitrogen and oxygen atoms in total. The van der Waals surface area contributed by atoms with Crippen molar-refractivity contribution >= 4 is 29.9 Å². The van der Waals surface area contributed by atoms with Crippen LogP contribution < -0.4 is 21.3 Å². The summed E-state index contributed by atoms with van der Waals surface area (Å²) in [5, 5.41) is 16.7. The summed E-state index contributed by atoms with van der Waals surface area (Å²) < 4.78 is 7.17. The van der Waals surface area contributed by atoms with Gasteiger partial charge in [0.2, 0.25) is 17.8 Å². The third-order valence-electron chi connectivity index (χ3n) is 5.90. The lowest BCUT2D eigenvalue weighted by atomic mass is 9.94. The van der Waals surface area contributed by atoms with Crippen LogP contribution in [0.25, 0.3) is 12.2 Å². The number of aromatic nitrogens is 2. The fourth-order valence-corrected chi connectivity index (χ4v) is 4.05. The predicted octanol–water partition coefficient (Wildman–Crippen LogP) is 1.77. The highest BCUT2D eigenvalue weighted by Crippen LogP contribution is 2.19. The first-order chi connectivity index (χ1) is 16.1. The maximum atomic E-state index is 12.9. The first-order valence-corrected chi connectivity index (χ1v) is 11.7. The molecule has 2 N–H and O–H groups in total. The van der Waals surface area contributed by atoms with E-state index in [0.717, 1.165) is 31.0 Å². The van der Waals surface area contributed by atoms with Gasteiger partial charge in [0.1, 0.15) is 0 Å². The zero-order valence-corrected chi connectivity index (χ0v) is 19.5. The van der Waals surface area contributed by atoms with Gasteiger partial charge in [0.05, 0.1) is 28.6 Å². The summed E-state index contributed by atoms with van der Waals surface area (Å²) in [4.78, 5) is 30.2. The monoisotopic (exact) mass is 451 g/mol. The summed E-state index contributed by atoms with van der Waals surface area (Å²) in [6, 6.07) is 2.12. The Kier molecular flexibility index (Phi) is 9.02.